The molecule has 22 heavy (non-hydrogen) atoms. The van der Waals surface area contributed by atoms with Crippen LogP contribution in [0.25, 0.3) is 0 Å². The van der Waals surface area contributed by atoms with Gasteiger partial charge in [-0.05, 0) is 50.1 Å². The monoisotopic (exact) mass is 304 g/mol. The van der Waals surface area contributed by atoms with Gasteiger partial charge in [0.2, 0.25) is 0 Å². The van der Waals surface area contributed by atoms with E-state index < -0.39 is 0 Å². The largest absolute Gasteiger partial charge is 0.496 e. The molecule has 0 aromatic heterocycles. The minimum Gasteiger partial charge on any atom is -0.496 e. The lowest BCUT2D eigenvalue weighted by atomic mass is 9.95. The lowest BCUT2D eigenvalue weighted by molar-refractivity contribution is 0.0858. The number of likely N-dealkylation sites (N-methyl/N-ethyl adjacent to an activating group) is 1. The van der Waals surface area contributed by atoms with Crippen molar-refractivity contribution in [1.29, 1.82) is 0 Å². The van der Waals surface area contributed by atoms with Crippen LogP contribution >= 0.6 is 0 Å². The van der Waals surface area contributed by atoms with Gasteiger partial charge in [-0.25, -0.2) is 0 Å². The number of Topliss-reactive ketones (excluding diaryl/α,β-unsaturated/α-hetero) is 1. The molecular formula is C18H28N2O2. The molecule has 0 saturated carbocycles. The van der Waals surface area contributed by atoms with Crippen molar-refractivity contribution >= 4 is 5.78 Å². The summed E-state index contributed by atoms with van der Waals surface area (Å²) in [7, 11) is 1.68. The van der Waals surface area contributed by atoms with Gasteiger partial charge >= 0.3 is 0 Å². The first-order valence-corrected chi connectivity index (χ1v) is 8.10. The number of carbonyl (C=O) groups is 1. The maximum Gasteiger partial charge on any atom is 0.177 e. The van der Waals surface area contributed by atoms with Crippen LogP contribution in [0.15, 0.2) is 6.07 Å². The predicted molar refractivity (Wildman–Crippen MR) is 90.1 cm³/mol. The number of benzene rings is 1. The summed E-state index contributed by atoms with van der Waals surface area (Å²) in [4.78, 5) is 17.4. The molecule has 2 rings (SSSR count). The molecule has 1 aliphatic heterocycles. The summed E-state index contributed by atoms with van der Waals surface area (Å²) in [5.41, 5.74) is 3.99. The van der Waals surface area contributed by atoms with Crippen molar-refractivity contribution in [2.45, 2.75) is 27.7 Å². The Kier molecular flexibility index (Phi) is 5.59. The molecule has 0 amide bonds. The average molecular weight is 304 g/mol. The van der Waals surface area contributed by atoms with Gasteiger partial charge in [0.05, 0.1) is 13.7 Å². The van der Waals surface area contributed by atoms with Gasteiger partial charge < -0.3 is 9.64 Å². The van der Waals surface area contributed by atoms with Gasteiger partial charge in [-0.3, -0.25) is 9.69 Å². The minimum atomic E-state index is 0.219. The van der Waals surface area contributed by atoms with Crippen LogP contribution in [0, 0.1) is 20.8 Å². The number of aryl methyl sites for hydroxylation is 1. The molecule has 1 saturated heterocycles. The van der Waals surface area contributed by atoms with E-state index in [2.05, 4.69) is 16.7 Å². The van der Waals surface area contributed by atoms with Crippen LogP contribution in [-0.4, -0.2) is 62.0 Å². The van der Waals surface area contributed by atoms with E-state index in [-0.39, 0.29) is 5.78 Å². The average Bonchev–Trinajstić information content (AvgIpc) is 2.52. The third kappa shape index (κ3) is 3.50. The molecule has 1 aromatic rings. The molecule has 0 N–H and O–H groups in total. The molecule has 0 aliphatic carbocycles. The Bertz CT molecular complexity index is 547. The minimum absolute atomic E-state index is 0.219. The molecule has 0 unspecified atom stereocenters. The Labute approximate surface area is 134 Å². The van der Waals surface area contributed by atoms with Crippen molar-refractivity contribution in [1.82, 2.24) is 9.80 Å². The molecular weight excluding hydrogens is 276 g/mol. The maximum atomic E-state index is 12.7. The second kappa shape index (κ2) is 7.25. The normalized spacial score (nSPS) is 16.8. The van der Waals surface area contributed by atoms with Gasteiger partial charge in [0, 0.05) is 31.7 Å². The fraction of sp³-hybridized carbons (Fsp3) is 0.611. The summed E-state index contributed by atoms with van der Waals surface area (Å²) in [6, 6.07) is 1.98. The van der Waals surface area contributed by atoms with Crippen LogP contribution in [0.3, 0.4) is 0 Å². The number of rotatable bonds is 5. The fourth-order valence-electron chi connectivity index (χ4n) is 3.21. The molecule has 0 bridgehead atoms. The number of piperazine rings is 1. The summed E-state index contributed by atoms with van der Waals surface area (Å²) in [5, 5.41) is 0. The summed E-state index contributed by atoms with van der Waals surface area (Å²) < 4.78 is 5.44. The molecule has 0 atom stereocenters. The van der Waals surface area contributed by atoms with E-state index in [0.717, 1.165) is 60.7 Å². The van der Waals surface area contributed by atoms with Crippen molar-refractivity contribution in [3.8, 4) is 5.75 Å². The highest BCUT2D eigenvalue weighted by molar-refractivity contribution is 5.99. The van der Waals surface area contributed by atoms with E-state index in [9.17, 15) is 4.79 Å². The number of methoxy groups -OCH3 is 1. The van der Waals surface area contributed by atoms with Gasteiger partial charge in [-0.2, -0.15) is 0 Å². The molecule has 1 aliphatic rings. The SMILES string of the molecule is CCN1CCN(CC(=O)c2cc(C)c(OC)c(C)c2C)CC1. The van der Waals surface area contributed by atoms with Crippen LogP contribution in [-0.2, 0) is 0 Å². The highest BCUT2D eigenvalue weighted by Gasteiger charge is 2.21. The molecule has 4 nitrogen and oxygen atoms in total. The zero-order valence-corrected chi connectivity index (χ0v) is 14.5. The summed E-state index contributed by atoms with van der Waals surface area (Å²) in [6.45, 7) is 13.9. The van der Waals surface area contributed by atoms with Crippen LogP contribution in [0.5, 0.6) is 5.75 Å². The Hall–Kier alpha value is -1.39. The summed E-state index contributed by atoms with van der Waals surface area (Å²) in [5.74, 6) is 1.11. The van der Waals surface area contributed by atoms with E-state index in [1.165, 1.54) is 0 Å². The molecule has 122 valence electrons. The van der Waals surface area contributed by atoms with Crippen LogP contribution < -0.4 is 4.74 Å². The Morgan fingerprint density at radius 1 is 1.09 bits per heavy atom. The van der Waals surface area contributed by atoms with E-state index >= 15 is 0 Å². The van der Waals surface area contributed by atoms with Gasteiger partial charge in [0.1, 0.15) is 5.75 Å². The van der Waals surface area contributed by atoms with Crippen LogP contribution in [0.1, 0.15) is 34.0 Å². The summed E-state index contributed by atoms with van der Waals surface area (Å²) >= 11 is 0. The second-order valence-electron chi connectivity index (χ2n) is 6.16. The summed E-state index contributed by atoms with van der Waals surface area (Å²) in [6.07, 6.45) is 0. The standard InChI is InChI=1S/C18H28N2O2/c1-6-19-7-9-20(10-8-19)12-17(21)16-11-13(2)18(22-5)15(4)14(16)3/h11H,6-10,12H2,1-5H3. The van der Waals surface area contributed by atoms with Crippen LogP contribution in [0.4, 0.5) is 0 Å². The smallest absolute Gasteiger partial charge is 0.177 e. The molecule has 4 heteroatoms. The first-order valence-electron chi connectivity index (χ1n) is 8.10. The molecule has 1 heterocycles. The van der Waals surface area contributed by atoms with Crippen molar-refractivity contribution in [3.05, 3.63) is 28.3 Å². The van der Waals surface area contributed by atoms with Crippen molar-refractivity contribution < 1.29 is 9.53 Å². The van der Waals surface area contributed by atoms with Crippen molar-refractivity contribution in [2.75, 3.05) is 46.4 Å². The lowest BCUT2D eigenvalue weighted by Crippen LogP contribution is -2.47. The van der Waals surface area contributed by atoms with Crippen LogP contribution in [0.2, 0.25) is 0 Å². The fourth-order valence-corrected chi connectivity index (χ4v) is 3.21. The predicted octanol–water partition coefficient (Wildman–Crippen LogP) is 2.44. The highest BCUT2D eigenvalue weighted by atomic mass is 16.5. The second-order valence-corrected chi connectivity index (χ2v) is 6.16. The number of hydrogen-bond donors (Lipinski definition) is 0. The van der Waals surface area contributed by atoms with Gasteiger partial charge in [-0.15, -0.1) is 0 Å². The molecule has 0 spiro atoms. The quantitative estimate of drug-likeness (QED) is 0.782. The number of carbonyl (C=O) groups excluding carboxylic acids is 1. The van der Waals surface area contributed by atoms with E-state index in [1.54, 1.807) is 7.11 Å². The number of ketones is 1. The number of ether oxygens (including phenoxy) is 1. The first kappa shape index (κ1) is 17.0. The molecule has 1 aromatic carbocycles. The van der Waals surface area contributed by atoms with Gasteiger partial charge in [-0.1, -0.05) is 6.92 Å². The maximum absolute atomic E-state index is 12.7. The van der Waals surface area contributed by atoms with E-state index in [0.29, 0.717) is 6.54 Å². The Morgan fingerprint density at radius 3 is 2.23 bits per heavy atom. The zero-order valence-electron chi connectivity index (χ0n) is 14.5. The van der Waals surface area contributed by atoms with E-state index in [4.69, 9.17) is 4.74 Å². The number of nitrogens with zero attached hydrogens (tertiary/aromatic N) is 2. The lowest BCUT2D eigenvalue weighted by Gasteiger charge is -2.33. The molecule has 0 radical (unpaired) electrons. The number of hydrogen-bond acceptors (Lipinski definition) is 4. The third-order valence-electron chi connectivity index (χ3n) is 4.81. The van der Waals surface area contributed by atoms with Gasteiger partial charge in [0.25, 0.3) is 0 Å². The Balaban J connectivity index is 2.10. The first-order chi connectivity index (χ1) is 10.5. The topological polar surface area (TPSA) is 32.8 Å². The zero-order chi connectivity index (χ0) is 16.3. The molecule has 1 fully saturated rings. The highest BCUT2D eigenvalue weighted by Crippen LogP contribution is 2.28. The van der Waals surface area contributed by atoms with E-state index in [1.807, 2.05) is 26.8 Å². The van der Waals surface area contributed by atoms with Crippen molar-refractivity contribution in [2.24, 2.45) is 0 Å². The van der Waals surface area contributed by atoms with Gasteiger partial charge in [0.15, 0.2) is 5.78 Å². The third-order valence-corrected chi connectivity index (χ3v) is 4.81. The Morgan fingerprint density at radius 2 is 1.68 bits per heavy atom. The van der Waals surface area contributed by atoms with Crippen molar-refractivity contribution in [3.63, 3.8) is 0 Å².